The summed E-state index contributed by atoms with van der Waals surface area (Å²) >= 11 is 24.5. The van der Waals surface area contributed by atoms with Crippen molar-refractivity contribution in [3.8, 4) is 46.6 Å². The minimum absolute atomic E-state index is 0.107. The van der Waals surface area contributed by atoms with Crippen LogP contribution in [0.25, 0.3) is 0 Å². The van der Waals surface area contributed by atoms with E-state index in [0.29, 0.717) is 48.8 Å². The van der Waals surface area contributed by atoms with Crippen molar-refractivity contribution in [3.05, 3.63) is 103 Å². The Labute approximate surface area is 320 Å². The number of benzene rings is 4. The molecule has 0 aromatic heterocycles. The molecule has 0 unspecified atom stereocenters. The predicted molar refractivity (Wildman–Crippen MR) is 198 cm³/mol. The summed E-state index contributed by atoms with van der Waals surface area (Å²) in [4.78, 5) is 28.8. The van der Waals surface area contributed by atoms with Crippen LogP contribution < -0.4 is 9.47 Å². The van der Waals surface area contributed by atoms with Crippen LogP contribution in [0.1, 0.15) is 70.4 Å². The third-order valence-electron chi connectivity index (χ3n) is 8.38. The second-order valence-electron chi connectivity index (χ2n) is 12.0. The lowest BCUT2D eigenvalue weighted by Crippen LogP contribution is -2.35. The SMILES string of the molecule is N#Cc1cc(Cl)c(Oc2ccc(O)c(C(=O)N3CCCCC3)c2)c(Cl)c1.N#Cc1cc(Cl)c(Oc2ccc(O)c(C(=O)N3CCCCC3)c2)c(Cl)c1. The predicted octanol–water partition coefficient (Wildman–Crippen LogP) is 9.98. The van der Waals surface area contributed by atoms with Crippen LogP contribution in [-0.2, 0) is 0 Å². The van der Waals surface area contributed by atoms with Gasteiger partial charge in [-0.15, -0.1) is 0 Å². The van der Waals surface area contributed by atoms with Crippen molar-refractivity contribution in [1.29, 1.82) is 10.5 Å². The highest BCUT2D eigenvalue weighted by molar-refractivity contribution is 6.38. The van der Waals surface area contributed by atoms with Gasteiger partial charge in [-0.25, -0.2) is 0 Å². The number of hydrogen-bond acceptors (Lipinski definition) is 8. The molecule has 6 rings (SSSR count). The first kappa shape index (κ1) is 38.4. The van der Waals surface area contributed by atoms with Crippen molar-refractivity contribution in [3.63, 3.8) is 0 Å². The highest BCUT2D eigenvalue weighted by Crippen LogP contribution is 2.40. The molecule has 2 amide bonds. The Morgan fingerprint density at radius 1 is 0.558 bits per heavy atom. The number of hydrogen-bond donors (Lipinski definition) is 2. The molecule has 0 radical (unpaired) electrons. The lowest BCUT2D eigenvalue weighted by molar-refractivity contribution is 0.0713. The number of nitriles is 2. The van der Waals surface area contributed by atoms with Crippen LogP contribution in [0.2, 0.25) is 20.1 Å². The average molecular weight is 783 g/mol. The van der Waals surface area contributed by atoms with Crippen LogP contribution in [0.4, 0.5) is 0 Å². The van der Waals surface area contributed by atoms with E-state index in [9.17, 15) is 19.8 Å². The molecule has 0 bridgehead atoms. The second-order valence-corrected chi connectivity index (χ2v) is 13.7. The first-order valence-corrected chi connectivity index (χ1v) is 17.9. The van der Waals surface area contributed by atoms with Crippen molar-refractivity contribution in [2.24, 2.45) is 0 Å². The molecule has 0 aliphatic carbocycles. The van der Waals surface area contributed by atoms with Gasteiger partial charge < -0.3 is 29.5 Å². The summed E-state index contributed by atoms with van der Waals surface area (Å²) < 4.78 is 11.4. The molecule has 2 N–H and O–H groups in total. The third kappa shape index (κ3) is 9.33. The van der Waals surface area contributed by atoms with E-state index in [2.05, 4.69) is 0 Å². The van der Waals surface area contributed by atoms with E-state index in [-0.39, 0.29) is 66.0 Å². The van der Waals surface area contributed by atoms with Gasteiger partial charge in [-0.1, -0.05) is 46.4 Å². The monoisotopic (exact) mass is 780 g/mol. The zero-order valence-corrected chi connectivity index (χ0v) is 30.7. The molecule has 2 aliphatic rings. The normalized spacial score (nSPS) is 14.0. The maximum Gasteiger partial charge on any atom is 0.257 e. The zero-order valence-electron chi connectivity index (χ0n) is 27.7. The number of amides is 2. The number of ether oxygens (including phenoxy) is 2. The Hall–Kier alpha value is -4.84. The lowest BCUT2D eigenvalue weighted by Gasteiger charge is -2.27. The number of halogens is 4. The smallest absolute Gasteiger partial charge is 0.257 e. The van der Waals surface area contributed by atoms with Gasteiger partial charge in [0.05, 0.1) is 54.5 Å². The fourth-order valence-electron chi connectivity index (χ4n) is 5.71. The molecule has 2 fully saturated rings. The number of phenols is 2. The minimum atomic E-state index is -0.232. The Morgan fingerprint density at radius 3 is 1.19 bits per heavy atom. The number of carbonyl (C=O) groups excluding carboxylic acids is 2. The van der Waals surface area contributed by atoms with Crippen LogP contribution in [-0.4, -0.2) is 58.0 Å². The fraction of sp³-hybridized carbons (Fsp3) is 0.263. The standard InChI is InChI=1S/2C19H16Cl2N2O3/c2*20-15-8-12(11-22)9-16(21)18(15)26-13-4-5-17(24)14(10-13)19(25)23-6-2-1-3-7-23/h2*4-5,8-10,24H,1-3,6-7H2. The maximum atomic E-state index is 12.7. The number of likely N-dealkylation sites (tertiary alicyclic amines) is 2. The average Bonchev–Trinajstić information content (AvgIpc) is 3.16. The molecule has 4 aromatic rings. The van der Waals surface area contributed by atoms with Crippen molar-refractivity contribution in [1.82, 2.24) is 9.80 Å². The van der Waals surface area contributed by atoms with Gasteiger partial charge in [0.2, 0.25) is 0 Å². The number of phenolic OH excluding ortho intramolecular Hbond substituents is 2. The summed E-state index contributed by atoms with van der Waals surface area (Å²) in [5.41, 5.74) is 0.980. The molecule has 4 aromatic carbocycles. The van der Waals surface area contributed by atoms with Gasteiger partial charge in [-0.05, 0) is 99.2 Å². The van der Waals surface area contributed by atoms with Gasteiger partial charge in [0.1, 0.15) is 23.0 Å². The quantitative estimate of drug-likeness (QED) is 0.197. The van der Waals surface area contributed by atoms with E-state index >= 15 is 0 Å². The highest BCUT2D eigenvalue weighted by atomic mass is 35.5. The second kappa shape index (κ2) is 17.6. The summed E-state index contributed by atoms with van der Waals surface area (Å²) in [5, 5.41) is 38.8. The van der Waals surface area contributed by atoms with Crippen LogP contribution >= 0.6 is 46.4 Å². The lowest BCUT2D eigenvalue weighted by atomic mass is 10.1. The van der Waals surface area contributed by atoms with Crippen LogP contribution in [0.15, 0.2) is 60.7 Å². The molecule has 2 saturated heterocycles. The summed E-state index contributed by atoms with van der Waals surface area (Å²) in [7, 11) is 0. The Morgan fingerprint density at radius 2 is 0.885 bits per heavy atom. The third-order valence-corrected chi connectivity index (χ3v) is 9.50. The molecule has 52 heavy (non-hydrogen) atoms. The van der Waals surface area contributed by atoms with Gasteiger partial charge in [-0.3, -0.25) is 9.59 Å². The molecular formula is C38H32Cl4N4O6. The van der Waals surface area contributed by atoms with E-state index in [1.54, 1.807) is 9.80 Å². The summed E-state index contributed by atoms with van der Waals surface area (Å²) in [6, 6.07) is 18.5. The first-order chi connectivity index (χ1) is 25.0. The van der Waals surface area contributed by atoms with Crippen LogP contribution in [0.5, 0.6) is 34.5 Å². The Kier molecular flexibility index (Phi) is 13.0. The molecule has 2 heterocycles. The largest absolute Gasteiger partial charge is 0.507 e. The molecule has 0 atom stereocenters. The Bertz CT molecular complexity index is 1870. The number of piperidine rings is 2. The van der Waals surface area contributed by atoms with Gasteiger partial charge in [-0.2, -0.15) is 10.5 Å². The summed E-state index contributed by atoms with van der Waals surface area (Å²) in [5.74, 6) is 0.335. The van der Waals surface area contributed by atoms with Gasteiger partial charge in [0, 0.05) is 26.2 Å². The van der Waals surface area contributed by atoms with Crippen molar-refractivity contribution < 1.29 is 29.3 Å². The number of rotatable bonds is 6. The summed E-state index contributed by atoms with van der Waals surface area (Å²) in [6.45, 7) is 2.71. The van der Waals surface area contributed by atoms with Gasteiger partial charge in [0.25, 0.3) is 11.8 Å². The van der Waals surface area contributed by atoms with Gasteiger partial charge >= 0.3 is 0 Å². The van der Waals surface area contributed by atoms with E-state index in [4.69, 9.17) is 66.4 Å². The molecular weight excluding hydrogens is 750 g/mol. The molecule has 10 nitrogen and oxygen atoms in total. The van der Waals surface area contributed by atoms with Crippen molar-refractivity contribution >= 4 is 58.2 Å². The highest BCUT2D eigenvalue weighted by Gasteiger charge is 2.24. The first-order valence-electron chi connectivity index (χ1n) is 16.4. The maximum absolute atomic E-state index is 12.7. The molecule has 0 saturated carbocycles. The topological polar surface area (TPSA) is 147 Å². The van der Waals surface area contributed by atoms with Crippen LogP contribution in [0.3, 0.4) is 0 Å². The van der Waals surface area contributed by atoms with Crippen molar-refractivity contribution in [2.45, 2.75) is 38.5 Å². The number of carbonyl (C=O) groups is 2. The zero-order chi connectivity index (χ0) is 37.4. The summed E-state index contributed by atoms with van der Waals surface area (Å²) in [6.07, 6.45) is 6.04. The Balaban J connectivity index is 0.000000201. The van der Waals surface area contributed by atoms with Crippen molar-refractivity contribution in [2.75, 3.05) is 26.2 Å². The van der Waals surface area contributed by atoms with E-state index < -0.39 is 0 Å². The molecule has 0 spiro atoms. The van der Waals surface area contributed by atoms with Crippen LogP contribution in [0, 0.1) is 22.7 Å². The minimum Gasteiger partial charge on any atom is -0.507 e. The molecule has 268 valence electrons. The van der Waals surface area contributed by atoms with E-state index in [1.807, 2.05) is 12.1 Å². The van der Waals surface area contributed by atoms with E-state index in [1.165, 1.54) is 60.7 Å². The number of nitrogens with zero attached hydrogens (tertiary/aromatic N) is 4. The fourth-order valence-corrected chi connectivity index (χ4v) is 6.84. The number of aromatic hydroxyl groups is 2. The van der Waals surface area contributed by atoms with E-state index in [0.717, 1.165) is 38.5 Å². The molecule has 14 heteroatoms. The van der Waals surface area contributed by atoms with Gasteiger partial charge in [0.15, 0.2) is 11.5 Å². The molecule has 2 aliphatic heterocycles.